The maximum absolute atomic E-state index is 12.6. The van der Waals surface area contributed by atoms with Gasteiger partial charge < -0.3 is 8.60 Å². The van der Waals surface area contributed by atoms with E-state index in [1.54, 1.807) is 18.2 Å². The smallest absolute Gasteiger partial charge is 0.422 e. The largest absolute Gasteiger partial charge is 0.446 e. The van der Waals surface area contributed by atoms with E-state index in [1.165, 1.54) is 6.07 Å². The van der Waals surface area contributed by atoms with E-state index in [4.69, 9.17) is 8.60 Å². The molecule has 1 N–H and O–H groups in total. The Bertz CT molecular complexity index is 1050. The molecule has 0 bridgehead atoms. The molecule has 6 nitrogen and oxygen atoms in total. The first-order valence-electron chi connectivity index (χ1n) is 7.68. The fourth-order valence-corrected chi connectivity index (χ4v) is 3.31. The number of fused-ring (bicyclic) bond motifs is 1. The second kappa shape index (κ2) is 6.70. The minimum atomic E-state index is -4.81. The van der Waals surface area contributed by atoms with E-state index in [9.17, 15) is 17.8 Å². The van der Waals surface area contributed by atoms with Crippen LogP contribution in [0, 0.1) is 0 Å². The predicted molar refractivity (Wildman–Crippen MR) is 93.2 cm³/mol. The lowest BCUT2D eigenvalue weighted by molar-refractivity contribution is 0.383. The van der Waals surface area contributed by atoms with E-state index in [0.29, 0.717) is 11.8 Å². The van der Waals surface area contributed by atoms with Crippen LogP contribution in [0.5, 0.6) is 5.75 Å². The van der Waals surface area contributed by atoms with Crippen LogP contribution >= 0.6 is 0 Å². The molecule has 1 atom stereocenters. The van der Waals surface area contributed by atoms with E-state index in [2.05, 4.69) is 0 Å². The first-order chi connectivity index (χ1) is 11.9. The summed E-state index contributed by atoms with van der Waals surface area (Å²) in [5, 5.41) is 0.295. The summed E-state index contributed by atoms with van der Waals surface area (Å²) >= 11 is 0. The number of para-hydroxylation sites is 1. The van der Waals surface area contributed by atoms with Crippen molar-refractivity contribution in [2.24, 2.45) is 0 Å². The van der Waals surface area contributed by atoms with Crippen molar-refractivity contribution in [1.82, 2.24) is 0 Å². The van der Waals surface area contributed by atoms with Gasteiger partial charge in [-0.1, -0.05) is 49.4 Å². The third-order valence-electron chi connectivity index (χ3n) is 3.95. The molecule has 3 rings (SSSR count). The predicted octanol–water partition coefficient (Wildman–Crippen LogP) is 3.52. The van der Waals surface area contributed by atoms with Gasteiger partial charge in [0.15, 0.2) is 5.75 Å². The fraction of sp³-hybridized carbons (Fsp3) is 0.167. The quantitative estimate of drug-likeness (QED) is 0.553. The summed E-state index contributed by atoms with van der Waals surface area (Å²) in [5.74, 6) is -0.649. The summed E-state index contributed by atoms with van der Waals surface area (Å²) in [6, 6.07) is 15.6. The van der Waals surface area contributed by atoms with Crippen LogP contribution in [-0.4, -0.2) is 13.0 Å². The van der Waals surface area contributed by atoms with Crippen LogP contribution < -0.4 is 9.81 Å². The Hall–Kier alpha value is -2.64. The highest BCUT2D eigenvalue weighted by molar-refractivity contribution is 7.81. The van der Waals surface area contributed by atoms with Crippen molar-refractivity contribution in [3.8, 4) is 5.75 Å². The molecular weight excluding hydrogens is 344 g/mol. The monoisotopic (exact) mass is 360 g/mol. The molecule has 2 aromatic carbocycles. The van der Waals surface area contributed by atoms with Crippen molar-refractivity contribution in [3.63, 3.8) is 0 Å². The van der Waals surface area contributed by atoms with Crippen molar-refractivity contribution in [2.75, 3.05) is 0 Å². The number of rotatable bonds is 5. The van der Waals surface area contributed by atoms with Gasteiger partial charge in [0.1, 0.15) is 5.58 Å². The van der Waals surface area contributed by atoms with Crippen LogP contribution in [0.3, 0.4) is 0 Å². The molecule has 25 heavy (non-hydrogen) atoms. The van der Waals surface area contributed by atoms with Crippen molar-refractivity contribution in [3.05, 3.63) is 76.1 Å². The highest BCUT2D eigenvalue weighted by atomic mass is 32.3. The summed E-state index contributed by atoms with van der Waals surface area (Å²) < 4.78 is 42.0. The van der Waals surface area contributed by atoms with Crippen LogP contribution in [0.4, 0.5) is 0 Å². The molecule has 1 unspecified atom stereocenters. The highest BCUT2D eigenvalue weighted by Crippen LogP contribution is 2.37. The van der Waals surface area contributed by atoms with Gasteiger partial charge in [-0.15, -0.1) is 0 Å². The summed E-state index contributed by atoms with van der Waals surface area (Å²) in [6.45, 7) is 1.86. The lowest BCUT2D eigenvalue weighted by Gasteiger charge is -2.18. The average molecular weight is 360 g/mol. The van der Waals surface area contributed by atoms with Gasteiger partial charge in [0.25, 0.3) is 0 Å². The highest BCUT2D eigenvalue weighted by Gasteiger charge is 2.27. The minimum Gasteiger partial charge on any atom is -0.422 e. The van der Waals surface area contributed by atoms with Crippen molar-refractivity contribution in [1.29, 1.82) is 0 Å². The van der Waals surface area contributed by atoms with E-state index < -0.39 is 21.9 Å². The second-order valence-corrected chi connectivity index (χ2v) is 6.53. The second-order valence-electron chi connectivity index (χ2n) is 5.51. The van der Waals surface area contributed by atoms with Crippen molar-refractivity contribution < 1.29 is 21.6 Å². The molecule has 0 amide bonds. The maximum atomic E-state index is 12.6. The fourth-order valence-electron chi connectivity index (χ4n) is 2.92. The maximum Gasteiger partial charge on any atom is 0.446 e. The third kappa shape index (κ3) is 3.57. The lowest BCUT2D eigenvalue weighted by Crippen LogP contribution is -2.18. The van der Waals surface area contributed by atoms with Crippen LogP contribution in [0.2, 0.25) is 0 Å². The Balaban J connectivity index is 2.35. The van der Waals surface area contributed by atoms with Gasteiger partial charge >= 0.3 is 16.0 Å². The molecule has 0 aliphatic rings. The molecule has 0 radical (unpaired) electrons. The van der Waals surface area contributed by atoms with Crippen molar-refractivity contribution in [2.45, 2.75) is 19.3 Å². The molecule has 0 aliphatic heterocycles. The molecule has 0 spiro atoms. The topological polar surface area (TPSA) is 93.8 Å². The number of benzene rings is 2. The zero-order valence-corrected chi connectivity index (χ0v) is 14.2. The van der Waals surface area contributed by atoms with E-state index >= 15 is 0 Å². The normalized spacial score (nSPS) is 12.9. The summed E-state index contributed by atoms with van der Waals surface area (Å²) in [5.41, 5.74) is 0.351. The zero-order chi connectivity index (χ0) is 18.0. The number of hydrogen-bond acceptors (Lipinski definition) is 5. The minimum absolute atomic E-state index is 0.0602. The molecule has 1 aromatic heterocycles. The van der Waals surface area contributed by atoms with E-state index in [-0.39, 0.29) is 16.9 Å². The lowest BCUT2D eigenvalue weighted by atomic mass is 9.89. The van der Waals surface area contributed by atoms with Crippen LogP contribution in [-0.2, 0) is 10.4 Å². The summed E-state index contributed by atoms with van der Waals surface area (Å²) in [6.07, 6.45) is 0.509. The molecule has 1 heterocycles. The zero-order valence-electron chi connectivity index (χ0n) is 13.4. The Morgan fingerprint density at radius 1 is 1.08 bits per heavy atom. The third-order valence-corrected chi connectivity index (χ3v) is 4.32. The first-order valence-corrected chi connectivity index (χ1v) is 9.04. The summed E-state index contributed by atoms with van der Waals surface area (Å²) in [4.78, 5) is 12.6. The molecule has 130 valence electrons. The molecule has 0 aliphatic carbocycles. The Kier molecular flexibility index (Phi) is 4.61. The SMILES string of the molecule is CCC(c1ccccc1)c1c(OS(=O)(=O)O)c2ccccc2oc1=O. The van der Waals surface area contributed by atoms with Crippen LogP contribution in [0.15, 0.2) is 63.8 Å². The van der Waals surface area contributed by atoms with Crippen molar-refractivity contribution >= 4 is 21.4 Å². The van der Waals surface area contributed by atoms with Gasteiger partial charge in [0.2, 0.25) is 0 Å². The molecular formula is C18H16O6S. The van der Waals surface area contributed by atoms with Gasteiger partial charge in [-0.05, 0) is 24.1 Å². The molecule has 7 heteroatoms. The Morgan fingerprint density at radius 3 is 2.36 bits per heavy atom. The van der Waals surface area contributed by atoms with Gasteiger partial charge in [-0.3, -0.25) is 4.55 Å². The van der Waals surface area contributed by atoms with Gasteiger partial charge in [-0.2, -0.15) is 8.42 Å². The molecule has 0 saturated heterocycles. The van der Waals surface area contributed by atoms with E-state index in [1.807, 2.05) is 37.3 Å². The molecule has 0 fully saturated rings. The standard InChI is InChI=1S/C18H16O6S/c1-2-13(12-8-4-3-5-9-12)16-17(24-25(20,21)22)14-10-6-7-11-15(14)23-18(16)19/h3-11,13H,2H2,1H3,(H,20,21,22). The van der Waals surface area contributed by atoms with Crippen LogP contribution in [0.25, 0.3) is 11.0 Å². The van der Waals surface area contributed by atoms with Crippen LogP contribution in [0.1, 0.15) is 30.4 Å². The van der Waals surface area contributed by atoms with E-state index in [0.717, 1.165) is 5.56 Å². The molecule has 3 aromatic rings. The first kappa shape index (κ1) is 17.2. The Labute approximate surface area is 144 Å². The van der Waals surface area contributed by atoms with Gasteiger partial charge in [0, 0.05) is 5.92 Å². The van der Waals surface area contributed by atoms with Gasteiger partial charge in [-0.25, -0.2) is 4.79 Å². The average Bonchev–Trinajstić information content (AvgIpc) is 2.57. The number of hydrogen-bond donors (Lipinski definition) is 1. The van der Waals surface area contributed by atoms with Gasteiger partial charge in [0.05, 0.1) is 10.9 Å². The summed E-state index contributed by atoms with van der Waals surface area (Å²) in [7, 11) is -4.81. The Morgan fingerprint density at radius 2 is 1.72 bits per heavy atom. The molecule has 0 saturated carbocycles.